The molecule has 0 saturated heterocycles. The molecule has 2 heterocycles. The Hall–Kier alpha value is -0.830. The summed E-state index contributed by atoms with van der Waals surface area (Å²) < 4.78 is 2.16. The third-order valence-electron chi connectivity index (χ3n) is 3.21. The lowest BCUT2D eigenvalue weighted by Crippen LogP contribution is -2.26. The molecule has 15 heavy (non-hydrogen) atoms. The van der Waals surface area contributed by atoms with Crippen LogP contribution in [0.25, 0.3) is 0 Å². The fraction of sp³-hybridized carbons (Fsp3) is 0.750. The van der Waals surface area contributed by atoms with E-state index in [1.807, 2.05) is 0 Å². The molecule has 0 unspecified atom stereocenters. The highest BCUT2D eigenvalue weighted by Crippen LogP contribution is 2.23. The number of nitrogens with zero attached hydrogens (tertiary/aromatic N) is 2. The lowest BCUT2D eigenvalue weighted by molar-refractivity contribution is 0.291. The molecule has 0 amide bonds. The minimum Gasteiger partial charge on any atom is -0.312 e. The van der Waals surface area contributed by atoms with Gasteiger partial charge in [-0.15, -0.1) is 0 Å². The number of hydrogen-bond donors (Lipinski definition) is 1. The Balaban J connectivity index is 2.25. The Morgan fingerprint density at radius 1 is 1.53 bits per heavy atom. The Kier molecular flexibility index (Phi) is 2.83. The van der Waals surface area contributed by atoms with Crippen molar-refractivity contribution in [3.8, 4) is 0 Å². The standard InChI is InChI=1S/C12H21N3/c1-4-6-12(2,3)15-9-10-8-13-7-5-11(10)14-15/h9,13H,4-8H2,1-3H3. The van der Waals surface area contributed by atoms with Gasteiger partial charge in [0.05, 0.1) is 11.2 Å². The Morgan fingerprint density at radius 2 is 2.33 bits per heavy atom. The van der Waals surface area contributed by atoms with Crippen molar-refractivity contribution < 1.29 is 0 Å². The highest BCUT2D eigenvalue weighted by molar-refractivity contribution is 5.20. The average molecular weight is 207 g/mol. The second-order valence-electron chi connectivity index (χ2n) is 5.03. The van der Waals surface area contributed by atoms with Crippen LogP contribution in [0.1, 0.15) is 44.9 Å². The normalized spacial score (nSPS) is 16.5. The zero-order valence-corrected chi connectivity index (χ0v) is 10.0. The summed E-state index contributed by atoms with van der Waals surface area (Å²) >= 11 is 0. The molecule has 3 heteroatoms. The molecule has 1 aromatic heterocycles. The van der Waals surface area contributed by atoms with Gasteiger partial charge < -0.3 is 5.32 Å². The maximum Gasteiger partial charge on any atom is 0.0682 e. The van der Waals surface area contributed by atoms with Crippen LogP contribution < -0.4 is 5.32 Å². The van der Waals surface area contributed by atoms with E-state index in [9.17, 15) is 0 Å². The molecule has 0 atom stereocenters. The first-order valence-corrected chi connectivity index (χ1v) is 5.92. The molecule has 1 aromatic rings. The molecule has 0 saturated carbocycles. The minimum atomic E-state index is 0.159. The van der Waals surface area contributed by atoms with Gasteiger partial charge in [-0.1, -0.05) is 13.3 Å². The largest absolute Gasteiger partial charge is 0.312 e. The van der Waals surface area contributed by atoms with Crippen LogP contribution in [0.3, 0.4) is 0 Å². The summed E-state index contributed by atoms with van der Waals surface area (Å²) in [6.07, 6.45) is 5.68. The van der Waals surface area contributed by atoms with E-state index in [0.717, 1.165) is 19.5 Å². The highest BCUT2D eigenvalue weighted by atomic mass is 15.3. The summed E-state index contributed by atoms with van der Waals surface area (Å²) in [5, 5.41) is 8.10. The van der Waals surface area contributed by atoms with Crippen LogP contribution >= 0.6 is 0 Å². The topological polar surface area (TPSA) is 29.9 Å². The molecule has 1 N–H and O–H groups in total. The SMILES string of the molecule is CCCC(C)(C)n1cc2c(n1)CCNC2. The first kappa shape index (κ1) is 10.7. The van der Waals surface area contributed by atoms with Crippen LogP contribution in [0.4, 0.5) is 0 Å². The van der Waals surface area contributed by atoms with E-state index in [1.165, 1.54) is 24.1 Å². The van der Waals surface area contributed by atoms with Gasteiger partial charge in [0, 0.05) is 31.3 Å². The number of fused-ring (bicyclic) bond motifs is 1. The van der Waals surface area contributed by atoms with E-state index in [0.29, 0.717) is 0 Å². The van der Waals surface area contributed by atoms with Crippen molar-refractivity contribution >= 4 is 0 Å². The molecule has 0 aliphatic carbocycles. The van der Waals surface area contributed by atoms with Crippen LogP contribution in [-0.2, 0) is 18.5 Å². The molecular formula is C12H21N3. The molecule has 0 aromatic carbocycles. The predicted octanol–water partition coefficient (Wildman–Crippen LogP) is 2.06. The van der Waals surface area contributed by atoms with E-state index in [2.05, 4.69) is 37.0 Å². The van der Waals surface area contributed by atoms with Crippen molar-refractivity contribution in [2.75, 3.05) is 6.54 Å². The van der Waals surface area contributed by atoms with E-state index < -0.39 is 0 Å². The third-order valence-corrected chi connectivity index (χ3v) is 3.21. The fourth-order valence-corrected chi connectivity index (χ4v) is 2.27. The van der Waals surface area contributed by atoms with Gasteiger partial charge in [-0.3, -0.25) is 4.68 Å². The van der Waals surface area contributed by atoms with E-state index in [-0.39, 0.29) is 5.54 Å². The average Bonchev–Trinajstić information content (AvgIpc) is 2.61. The molecule has 0 spiro atoms. The van der Waals surface area contributed by atoms with Crippen molar-refractivity contribution in [1.29, 1.82) is 0 Å². The summed E-state index contributed by atoms with van der Waals surface area (Å²) in [5.74, 6) is 0. The van der Waals surface area contributed by atoms with Crippen molar-refractivity contribution in [1.82, 2.24) is 15.1 Å². The van der Waals surface area contributed by atoms with E-state index in [4.69, 9.17) is 5.10 Å². The van der Waals surface area contributed by atoms with Gasteiger partial charge in [0.25, 0.3) is 0 Å². The zero-order valence-electron chi connectivity index (χ0n) is 10.0. The Labute approximate surface area is 91.9 Å². The van der Waals surface area contributed by atoms with Crippen molar-refractivity contribution in [2.45, 2.75) is 52.1 Å². The van der Waals surface area contributed by atoms with E-state index >= 15 is 0 Å². The molecule has 0 bridgehead atoms. The van der Waals surface area contributed by atoms with Crippen LogP contribution in [0, 0.1) is 0 Å². The molecule has 3 nitrogen and oxygen atoms in total. The smallest absolute Gasteiger partial charge is 0.0682 e. The molecule has 1 aliphatic rings. The summed E-state index contributed by atoms with van der Waals surface area (Å²) in [4.78, 5) is 0. The van der Waals surface area contributed by atoms with Crippen molar-refractivity contribution in [2.24, 2.45) is 0 Å². The van der Waals surface area contributed by atoms with Crippen molar-refractivity contribution in [3.05, 3.63) is 17.5 Å². The van der Waals surface area contributed by atoms with Crippen LogP contribution in [-0.4, -0.2) is 16.3 Å². The second kappa shape index (κ2) is 3.97. The van der Waals surface area contributed by atoms with Crippen LogP contribution in [0.15, 0.2) is 6.20 Å². The van der Waals surface area contributed by atoms with Gasteiger partial charge in [-0.2, -0.15) is 5.10 Å². The van der Waals surface area contributed by atoms with Gasteiger partial charge in [0.2, 0.25) is 0 Å². The Bertz CT molecular complexity index is 315. The lowest BCUT2D eigenvalue weighted by Gasteiger charge is -2.24. The van der Waals surface area contributed by atoms with Gasteiger partial charge in [-0.25, -0.2) is 0 Å². The van der Waals surface area contributed by atoms with Gasteiger partial charge in [0.1, 0.15) is 0 Å². The second-order valence-corrected chi connectivity index (χ2v) is 5.03. The molecule has 0 fully saturated rings. The minimum absolute atomic E-state index is 0.159. The number of nitrogens with one attached hydrogen (secondary N) is 1. The number of aromatic nitrogens is 2. The summed E-state index contributed by atoms with van der Waals surface area (Å²) in [5.41, 5.74) is 2.83. The van der Waals surface area contributed by atoms with Crippen LogP contribution in [0.5, 0.6) is 0 Å². The van der Waals surface area contributed by atoms with Crippen LogP contribution in [0.2, 0.25) is 0 Å². The number of rotatable bonds is 3. The molecule has 1 aliphatic heterocycles. The Morgan fingerprint density at radius 3 is 3.00 bits per heavy atom. The first-order chi connectivity index (χ1) is 7.13. The highest BCUT2D eigenvalue weighted by Gasteiger charge is 2.23. The molecule has 0 radical (unpaired) electrons. The number of hydrogen-bond acceptors (Lipinski definition) is 2. The fourth-order valence-electron chi connectivity index (χ4n) is 2.27. The lowest BCUT2D eigenvalue weighted by atomic mass is 9.99. The first-order valence-electron chi connectivity index (χ1n) is 5.92. The summed E-state index contributed by atoms with van der Waals surface area (Å²) in [7, 11) is 0. The third kappa shape index (κ3) is 2.07. The van der Waals surface area contributed by atoms with Gasteiger partial charge >= 0.3 is 0 Å². The maximum atomic E-state index is 4.72. The summed E-state index contributed by atoms with van der Waals surface area (Å²) in [6.45, 7) is 8.81. The summed E-state index contributed by atoms with van der Waals surface area (Å²) in [6, 6.07) is 0. The zero-order chi connectivity index (χ0) is 10.9. The quantitative estimate of drug-likeness (QED) is 0.822. The predicted molar refractivity (Wildman–Crippen MR) is 61.9 cm³/mol. The van der Waals surface area contributed by atoms with Gasteiger partial charge in [0.15, 0.2) is 0 Å². The van der Waals surface area contributed by atoms with E-state index in [1.54, 1.807) is 0 Å². The molecular weight excluding hydrogens is 186 g/mol. The van der Waals surface area contributed by atoms with Gasteiger partial charge in [-0.05, 0) is 20.3 Å². The molecule has 84 valence electrons. The maximum absolute atomic E-state index is 4.72. The molecule has 2 rings (SSSR count). The van der Waals surface area contributed by atoms with Crippen molar-refractivity contribution in [3.63, 3.8) is 0 Å². The monoisotopic (exact) mass is 207 g/mol.